The van der Waals surface area contributed by atoms with Crippen molar-refractivity contribution in [2.24, 2.45) is 0 Å². The number of carbonyl (C=O) groups is 1. The van der Waals surface area contributed by atoms with Gasteiger partial charge in [-0.25, -0.2) is 0 Å². The number of hydrogen-bond donors (Lipinski definition) is 1. The first-order valence-corrected chi connectivity index (χ1v) is 8.37. The Balaban J connectivity index is 1.79. The molecular formula is C21H25NO3. The van der Waals surface area contributed by atoms with Crippen LogP contribution in [0, 0.1) is 0 Å². The SMILES string of the molecule is C=C(C)COc1cccc(C(=O)NCCCc2cccc(OC)c2)c1. The maximum absolute atomic E-state index is 12.2. The maximum atomic E-state index is 12.2. The highest BCUT2D eigenvalue weighted by Crippen LogP contribution is 2.15. The molecule has 0 bridgehead atoms. The van der Waals surface area contributed by atoms with Gasteiger partial charge in [-0.3, -0.25) is 4.79 Å². The summed E-state index contributed by atoms with van der Waals surface area (Å²) in [6, 6.07) is 15.2. The summed E-state index contributed by atoms with van der Waals surface area (Å²) in [6.45, 7) is 6.77. The van der Waals surface area contributed by atoms with Crippen molar-refractivity contribution in [1.82, 2.24) is 5.32 Å². The Kier molecular flexibility index (Phi) is 7.08. The lowest BCUT2D eigenvalue weighted by Crippen LogP contribution is -2.24. The van der Waals surface area contributed by atoms with Gasteiger partial charge in [-0.15, -0.1) is 0 Å². The summed E-state index contributed by atoms with van der Waals surface area (Å²) in [4.78, 5) is 12.2. The largest absolute Gasteiger partial charge is 0.497 e. The fourth-order valence-electron chi connectivity index (χ4n) is 2.36. The Bertz CT molecular complexity index is 725. The molecule has 0 fully saturated rings. The number of methoxy groups -OCH3 is 1. The average molecular weight is 339 g/mol. The van der Waals surface area contributed by atoms with Crippen molar-refractivity contribution in [3.63, 3.8) is 0 Å². The van der Waals surface area contributed by atoms with Gasteiger partial charge in [0.25, 0.3) is 5.91 Å². The normalized spacial score (nSPS) is 10.2. The van der Waals surface area contributed by atoms with Gasteiger partial charge in [0.05, 0.1) is 7.11 Å². The van der Waals surface area contributed by atoms with Gasteiger partial charge < -0.3 is 14.8 Å². The van der Waals surface area contributed by atoms with Crippen molar-refractivity contribution < 1.29 is 14.3 Å². The zero-order chi connectivity index (χ0) is 18.1. The van der Waals surface area contributed by atoms with E-state index in [1.54, 1.807) is 19.2 Å². The number of carbonyl (C=O) groups excluding carboxylic acids is 1. The quantitative estimate of drug-likeness (QED) is 0.555. The number of ether oxygens (including phenoxy) is 2. The minimum Gasteiger partial charge on any atom is -0.497 e. The predicted octanol–water partition coefficient (Wildman–Crippen LogP) is 4.01. The number of aryl methyl sites for hydroxylation is 1. The van der Waals surface area contributed by atoms with E-state index in [0.29, 0.717) is 24.5 Å². The Hall–Kier alpha value is -2.75. The Morgan fingerprint density at radius 3 is 2.64 bits per heavy atom. The number of hydrogen-bond acceptors (Lipinski definition) is 3. The van der Waals surface area contributed by atoms with Crippen molar-refractivity contribution in [3.8, 4) is 11.5 Å². The van der Waals surface area contributed by atoms with E-state index in [0.717, 1.165) is 24.2 Å². The molecule has 0 spiro atoms. The zero-order valence-corrected chi connectivity index (χ0v) is 14.9. The molecule has 0 heterocycles. The predicted molar refractivity (Wildman–Crippen MR) is 100 cm³/mol. The van der Waals surface area contributed by atoms with Crippen molar-refractivity contribution in [2.75, 3.05) is 20.3 Å². The second-order valence-corrected chi connectivity index (χ2v) is 5.98. The van der Waals surface area contributed by atoms with Gasteiger partial charge in [-0.2, -0.15) is 0 Å². The molecule has 4 heteroatoms. The lowest BCUT2D eigenvalue weighted by molar-refractivity contribution is 0.0953. The topological polar surface area (TPSA) is 47.6 Å². The Morgan fingerprint density at radius 2 is 1.88 bits per heavy atom. The summed E-state index contributed by atoms with van der Waals surface area (Å²) >= 11 is 0. The van der Waals surface area contributed by atoms with Crippen LogP contribution in [0.4, 0.5) is 0 Å². The van der Waals surface area contributed by atoms with Crippen LogP contribution in [0.25, 0.3) is 0 Å². The van der Waals surface area contributed by atoms with E-state index in [4.69, 9.17) is 9.47 Å². The first-order valence-electron chi connectivity index (χ1n) is 8.37. The van der Waals surface area contributed by atoms with Gasteiger partial charge >= 0.3 is 0 Å². The molecule has 0 aliphatic rings. The summed E-state index contributed by atoms with van der Waals surface area (Å²) in [6.07, 6.45) is 1.75. The van der Waals surface area contributed by atoms with Crippen molar-refractivity contribution in [1.29, 1.82) is 0 Å². The summed E-state index contributed by atoms with van der Waals surface area (Å²) in [5, 5.41) is 2.95. The minimum atomic E-state index is -0.0913. The monoisotopic (exact) mass is 339 g/mol. The van der Waals surface area contributed by atoms with E-state index in [-0.39, 0.29) is 5.91 Å². The molecule has 0 atom stereocenters. The molecule has 1 amide bonds. The van der Waals surface area contributed by atoms with Crippen LogP contribution in [0.15, 0.2) is 60.7 Å². The van der Waals surface area contributed by atoms with Crippen LogP contribution in [-0.4, -0.2) is 26.2 Å². The van der Waals surface area contributed by atoms with Crippen LogP contribution in [0.2, 0.25) is 0 Å². The highest BCUT2D eigenvalue weighted by atomic mass is 16.5. The van der Waals surface area contributed by atoms with Gasteiger partial charge in [0.1, 0.15) is 18.1 Å². The van der Waals surface area contributed by atoms with E-state index in [9.17, 15) is 4.79 Å². The molecule has 132 valence electrons. The standard InChI is InChI=1S/C21H25NO3/c1-16(2)15-25-20-11-5-9-18(14-20)21(23)22-12-6-8-17-7-4-10-19(13-17)24-3/h4-5,7,9-11,13-14H,1,6,8,12,15H2,2-3H3,(H,22,23). The molecule has 2 aromatic carbocycles. The molecule has 0 radical (unpaired) electrons. The van der Waals surface area contributed by atoms with E-state index in [1.807, 2.05) is 37.3 Å². The Labute approximate surface area is 149 Å². The maximum Gasteiger partial charge on any atom is 0.251 e. The van der Waals surface area contributed by atoms with Crippen molar-refractivity contribution in [3.05, 3.63) is 71.8 Å². The molecule has 0 unspecified atom stereocenters. The third-order valence-corrected chi connectivity index (χ3v) is 3.64. The molecule has 2 aromatic rings. The van der Waals surface area contributed by atoms with Gasteiger partial charge in [0.2, 0.25) is 0 Å². The molecule has 4 nitrogen and oxygen atoms in total. The van der Waals surface area contributed by atoms with Gasteiger partial charge in [-0.1, -0.05) is 24.8 Å². The first kappa shape index (κ1) is 18.6. The molecule has 0 saturated heterocycles. The Morgan fingerprint density at radius 1 is 1.12 bits per heavy atom. The molecule has 1 N–H and O–H groups in total. The minimum absolute atomic E-state index is 0.0913. The fourth-order valence-corrected chi connectivity index (χ4v) is 2.36. The van der Waals surface area contributed by atoms with E-state index in [1.165, 1.54) is 5.56 Å². The lowest BCUT2D eigenvalue weighted by Gasteiger charge is -2.09. The van der Waals surface area contributed by atoms with Gasteiger partial charge in [-0.05, 0) is 61.2 Å². The lowest BCUT2D eigenvalue weighted by atomic mass is 10.1. The number of nitrogens with one attached hydrogen (secondary N) is 1. The van der Waals surface area contributed by atoms with Crippen molar-refractivity contribution in [2.45, 2.75) is 19.8 Å². The second kappa shape index (κ2) is 9.52. The van der Waals surface area contributed by atoms with Crippen LogP contribution < -0.4 is 14.8 Å². The summed E-state index contributed by atoms with van der Waals surface area (Å²) in [5.41, 5.74) is 2.73. The van der Waals surface area contributed by atoms with Gasteiger partial charge in [0.15, 0.2) is 0 Å². The van der Waals surface area contributed by atoms with Crippen LogP contribution in [-0.2, 0) is 6.42 Å². The van der Waals surface area contributed by atoms with E-state index >= 15 is 0 Å². The van der Waals surface area contributed by atoms with Crippen LogP contribution in [0.5, 0.6) is 11.5 Å². The molecule has 0 aromatic heterocycles. The molecule has 0 saturated carbocycles. The fraction of sp³-hybridized carbons (Fsp3) is 0.286. The van der Waals surface area contributed by atoms with Crippen molar-refractivity contribution >= 4 is 5.91 Å². The molecule has 25 heavy (non-hydrogen) atoms. The van der Waals surface area contributed by atoms with E-state index < -0.39 is 0 Å². The third kappa shape index (κ3) is 6.34. The highest BCUT2D eigenvalue weighted by Gasteiger charge is 2.06. The van der Waals surface area contributed by atoms with Crippen LogP contribution in [0.1, 0.15) is 29.3 Å². The summed E-state index contributed by atoms with van der Waals surface area (Å²) < 4.78 is 10.8. The highest BCUT2D eigenvalue weighted by molar-refractivity contribution is 5.94. The molecular weight excluding hydrogens is 314 g/mol. The average Bonchev–Trinajstić information content (AvgIpc) is 2.63. The molecule has 0 aliphatic carbocycles. The van der Waals surface area contributed by atoms with Crippen LogP contribution in [0.3, 0.4) is 0 Å². The molecule has 2 rings (SSSR count). The third-order valence-electron chi connectivity index (χ3n) is 3.64. The van der Waals surface area contributed by atoms with Gasteiger partial charge in [0, 0.05) is 12.1 Å². The number of benzene rings is 2. The first-order chi connectivity index (χ1) is 12.1. The summed E-state index contributed by atoms with van der Waals surface area (Å²) in [7, 11) is 1.66. The zero-order valence-electron chi connectivity index (χ0n) is 14.9. The van der Waals surface area contributed by atoms with Crippen LogP contribution >= 0.6 is 0 Å². The number of amides is 1. The molecule has 0 aliphatic heterocycles. The van der Waals surface area contributed by atoms with E-state index in [2.05, 4.69) is 18.0 Å². The smallest absolute Gasteiger partial charge is 0.251 e. The summed E-state index contributed by atoms with van der Waals surface area (Å²) in [5.74, 6) is 1.44. The second-order valence-electron chi connectivity index (χ2n) is 5.98. The number of rotatable bonds is 9.